The van der Waals surface area contributed by atoms with Crippen LogP contribution in [0, 0.1) is 6.92 Å². The minimum Gasteiger partial charge on any atom is -0.485 e. The van der Waals surface area contributed by atoms with Crippen LogP contribution >= 0.6 is 11.8 Å². The van der Waals surface area contributed by atoms with Crippen LogP contribution in [0.4, 0.5) is 0 Å². The molecule has 0 aliphatic heterocycles. The molecule has 2 aromatic carbocycles. The third-order valence-corrected chi connectivity index (χ3v) is 4.82. The maximum atomic E-state index is 12.2. The van der Waals surface area contributed by atoms with Gasteiger partial charge in [-0.15, -0.1) is 10.2 Å². The molecule has 0 amide bonds. The highest BCUT2D eigenvalue weighted by Gasteiger charge is 2.13. The summed E-state index contributed by atoms with van der Waals surface area (Å²) in [6.45, 7) is 2.34. The van der Waals surface area contributed by atoms with E-state index in [1.54, 1.807) is 0 Å². The Balaban J connectivity index is 1.59. The van der Waals surface area contributed by atoms with Gasteiger partial charge < -0.3 is 9.30 Å². The van der Waals surface area contributed by atoms with E-state index in [9.17, 15) is 4.79 Å². The SMILES string of the molecule is Cc1ccccc1OCc1nnc(SCC(=O)c2ccccc2)n1C. The Hall–Kier alpha value is -2.60. The Kier molecular flexibility index (Phi) is 5.50. The summed E-state index contributed by atoms with van der Waals surface area (Å²) in [5.74, 6) is 1.96. The first-order valence-electron chi connectivity index (χ1n) is 7.93. The van der Waals surface area contributed by atoms with E-state index in [1.165, 1.54) is 11.8 Å². The van der Waals surface area contributed by atoms with Crippen molar-refractivity contribution in [1.29, 1.82) is 0 Å². The van der Waals surface area contributed by atoms with Gasteiger partial charge in [-0.25, -0.2) is 0 Å². The third-order valence-electron chi connectivity index (χ3n) is 3.80. The van der Waals surface area contributed by atoms with Gasteiger partial charge in [-0.2, -0.15) is 0 Å². The molecule has 1 aromatic heterocycles. The second kappa shape index (κ2) is 7.98. The van der Waals surface area contributed by atoms with Crippen molar-refractivity contribution in [2.24, 2.45) is 7.05 Å². The Morgan fingerprint density at radius 3 is 2.56 bits per heavy atom. The smallest absolute Gasteiger partial charge is 0.191 e. The highest BCUT2D eigenvalue weighted by molar-refractivity contribution is 7.99. The quantitative estimate of drug-likeness (QED) is 0.479. The monoisotopic (exact) mass is 353 g/mol. The molecule has 5 nitrogen and oxygen atoms in total. The summed E-state index contributed by atoms with van der Waals surface area (Å²) < 4.78 is 7.67. The molecule has 0 atom stereocenters. The number of rotatable bonds is 7. The minimum absolute atomic E-state index is 0.0753. The molecule has 0 saturated carbocycles. The second-order valence-electron chi connectivity index (χ2n) is 5.59. The number of para-hydroxylation sites is 1. The first-order valence-corrected chi connectivity index (χ1v) is 8.91. The van der Waals surface area contributed by atoms with Crippen LogP contribution in [0.3, 0.4) is 0 Å². The number of aromatic nitrogens is 3. The van der Waals surface area contributed by atoms with Gasteiger partial charge in [0.25, 0.3) is 0 Å². The van der Waals surface area contributed by atoms with Crippen LogP contribution in [-0.2, 0) is 13.7 Å². The number of hydrogen-bond acceptors (Lipinski definition) is 5. The van der Waals surface area contributed by atoms with E-state index in [4.69, 9.17) is 4.74 Å². The third kappa shape index (κ3) is 4.28. The largest absolute Gasteiger partial charge is 0.485 e. The number of carbonyl (C=O) groups excluding carboxylic acids is 1. The average Bonchev–Trinajstić information content (AvgIpc) is 2.99. The predicted octanol–water partition coefficient (Wildman–Crippen LogP) is 3.68. The first kappa shape index (κ1) is 17.2. The number of ether oxygens (including phenoxy) is 1. The zero-order chi connectivity index (χ0) is 17.6. The number of ketones is 1. The number of Topliss-reactive ketones (excluding diaryl/α,β-unsaturated/α-hetero) is 1. The molecule has 0 bridgehead atoms. The number of hydrogen-bond donors (Lipinski definition) is 0. The summed E-state index contributed by atoms with van der Waals surface area (Å²) in [6.07, 6.45) is 0. The summed E-state index contributed by atoms with van der Waals surface area (Å²) in [7, 11) is 1.88. The molecule has 0 saturated heterocycles. The molecule has 0 aliphatic rings. The van der Waals surface area contributed by atoms with E-state index >= 15 is 0 Å². The molecule has 3 rings (SSSR count). The molecule has 0 spiro atoms. The van der Waals surface area contributed by atoms with Gasteiger partial charge in [0.05, 0.1) is 5.75 Å². The highest BCUT2D eigenvalue weighted by atomic mass is 32.2. The first-order chi connectivity index (χ1) is 12.1. The number of benzene rings is 2. The fraction of sp³-hybridized carbons (Fsp3) is 0.211. The Bertz CT molecular complexity index is 862. The molecule has 0 radical (unpaired) electrons. The minimum atomic E-state index is 0.0753. The van der Waals surface area contributed by atoms with Crippen LogP contribution in [-0.4, -0.2) is 26.3 Å². The molecule has 25 heavy (non-hydrogen) atoms. The van der Waals surface area contributed by atoms with E-state index in [-0.39, 0.29) is 5.78 Å². The number of thioether (sulfide) groups is 1. The maximum Gasteiger partial charge on any atom is 0.191 e. The van der Waals surface area contributed by atoms with Gasteiger partial charge in [0.1, 0.15) is 12.4 Å². The van der Waals surface area contributed by atoms with E-state index in [0.29, 0.717) is 23.1 Å². The van der Waals surface area contributed by atoms with E-state index in [2.05, 4.69) is 10.2 Å². The van der Waals surface area contributed by atoms with Crippen molar-refractivity contribution in [3.63, 3.8) is 0 Å². The van der Waals surface area contributed by atoms with Gasteiger partial charge in [-0.05, 0) is 18.6 Å². The molecule has 0 N–H and O–H groups in total. The van der Waals surface area contributed by atoms with Crippen LogP contribution in [0.5, 0.6) is 5.75 Å². The van der Waals surface area contributed by atoms with Crippen LogP contribution in [0.15, 0.2) is 59.8 Å². The Morgan fingerprint density at radius 1 is 1.08 bits per heavy atom. The topological polar surface area (TPSA) is 57.0 Å². The number of aryl methyl sites for hydroxylation is 1. The van der Waals surface area contributed by atoms with Gasteiger partial charge in [0, 0.05) is 12.6 Å². The molecule has 6 heteroatoms. The molecule has 1 heterocycles. The van der Waals surface area contributed by atoms with Crippen molar-refractivity contribution in [3.05, 3.63) is 71.5 Å². The Morgan fingerprint density at radius 2 is 1.80 bits per heavy atom. The predicted molar refractivity (Wildman–Crippen MR) is 98.0 cm³/mol. The lowest BCUT2D eigenvalue weighted by atomic mass is 10.2. The van der Waals surface area contributed by atoms with Gasteiger partial charge >= 0.3 is 0 Å². The van der Waals surface area contributed by atoms with Crippen molar-refractivity contribution in [2.75, 3.05) is 5.75 Å². The molecule has 0 unspecified atom stereocenters. The molecule has 0 aliphatic carbocycles. The van der Waals surface area contributed by atoms with Crippen LogP contribution in [0.1, 0.15) is 21.7 Å². The van der Waals surface area contributed by atoms with E-state index in [0.717, 1.165) is 17.1 Å². The van der Waals surface area contributed by atoms with Crippen LogP contribution in [0.25, 0.3) is 0 Å². The van der Waals surface area contributed by atoms with Crippen molar-refractivity contribution in [3.8, 4) is 5.75 Å². The zero-order valence-electron chi connectivity index (χ0n) is 14.2. The van der Waals surface area contributed by atoms with Gasteiger partial charge in [0.2, 0.25) is 0 Å². The summed E-state index contributed by atoms with van der Waals surface area (Å²) in [6, 6.07) is 17.1. The van der Waals surface area contributed by atoms with Gasteiger partial charge in [-0.1, -0.05) is 60.3 Å². The van der Waals surface area contributed by atoms with E-state index < -0.39 is 0 Å². The van der Waals surface area contributed by atoms with Gasteiger partial charge in [0.15, 0.2) is 16.8 Å². The molecule has 3 aromatic rings. The molecular formula is C19H19N3O2S. The molecular weight excluding hydrogens is 334 g/mol. The fourth-order valence-electron chi connectivity index (χ4n) is 2.29. The number of nitrogens with zero attached hydrogens (tertiary/aromatic N) is 3. The van der Waals surface area contributed by atoms with Crippen molar-refractivity contribution in [2.45, 2.75) is 18.7 Å². The standard InChI is InChI=1S/C19H19N3O2S/c1-14-8-6-7-11-17(14)24-12-18-20-21-19(22(18)2)25-13-16(23)15-9-4-3-5-10-15/h3-11H,12-13H2,1-2H3. The average molecular weight is 353 g/mol. The fourth-order valence-corrected chi connectivity index (χ4v) is 3.12. The lowest BCUT2D eigenvalue weighted by Gasteiger charge is -2.08. The second-order valence-corrected chi connectivity index (χ2v) is 6.53. The summed E-state index contributed by atoms with van der Waals surface area (Å²) in [4.78, 5) is 12.2. The molecule has 0 fully saturated rings. The van der Waals surface area contributed by atoms with Crippen molar-refractivity contribution < 1.29 is 9.53 Å². The lowest BCUT2D eigenvalue weighted by molar-refractivity contribution is 0.102. The highest BCUT2D eigenvalue weighted by Crippen LogP contribution is 2.20. The summed E-state index contributed by atoms with van der Waals surface area (Å²) in [5, 5.41) is 9.03. The van der Waals surface area contributed by atoms with Crippen LogP contribution < -0.4 is 4.74 Å². The Labute approximate surface area is 151 Å². The molecule has 128 valence electrons. The number of carbonyl (C=O) groups is 1. The van der Waals surface area contributed by atoms with E-state index in [1.807, 2.05) is 73.1 Å². The maximum absolute atomic E-state index is 12.2. The van der Waals surface area contributed by atoms with Crippen molar-refractivity contribution >= 4 is 17.5 Å². The normalized spacial score (nSPS) is 10.6. The van der Waals surface area contributed by atoms with Crippen LogP contribution in [0.2, 0.25) is 0 Å². The summed E-state index contributed by atoms with van der Waals surface area (Å²) in [5.41, 5.74) is 1.79. The zero-order valence-corrected chi connectivity index (χ0v) is 15.0. The lowest BCUT2D eigenvalue weighted by Crippen LogP contribution is -2.06. The summed E-state index contributed by atoms with van der Waals surface area (Å²) >= 11 is 1.38. The van der Waals surface area contributed by atoms with Gasteiger partial charge in [-0.3, -0.25) is 4.79 Å². The van der Waals surface area contributed by atoms with Crippen molar-refractivity contribution in [1.82, 2.24) is 14.8 Å².